The lowest BCUT2D eigenvalue weighted by molar-refractivity contribution is -0.163. The maximum atomic E-state index is 13.3. The zero-order valence-electron chi connectivity index (χ0n) is 17.3. The fourth-order valence-electron chi connectivity index (χ4n) is 4.26. The molecule has 0 radical (unpaired) electrons. The molecule has 25 heavy (non-hydrogen) atoms. The standard InChI is InChI=1S/C22H36O3/c1-9-25-21(23)22(17(6)7,14-15(2)3)20(16(4)5)18-12-10-11-13-19(18)24-8/h10-13,15-17,20H,9,14H2,1-8H3. The van der Waals surface area contributed by atoms with Crippen LogP contribution in [0.1, 0.15) is 66.4 Å². The Morgan fingerprint density at radius 1 is 1.08 bits per heavy atom. The smallest absolute Gasteiger partial charge is 0.312 e. The molecule has 0 amide bonds. The Morgan fingerprint density at radius 3 is 2.12 bits per heavy atom. The van der Waals surface area contributed by atoms with E-state index in [-0.39, 0.29) is 23.7 Å². The van der Waals surface area contributed by atoms with Crippen molar-refractivity contribution < 1.29 is 14.3 Å². The van der Waals surface area contributed by atoms with Crippen molar-refractivity contribution in [3.8, 4) is 5.75 Å². The molecule has 0 saturated heterocycles. The lowest BCUT2D eigenvalue weighted by Crippen LogP contribution is -2.46. The minimum atomic E-state index is -0.576. The molecule has 1 aromatic carbocycles. The van der Waals surface area contributed by atoms with Gasteiger partial charge >= 0.3 is 5.97 Å². The van der Waals surface area contributed by atoms with Gasteiger partial charge in [0.05, 0.1) is 19.1 Å². The molecule has 0 spiro atoms. The summed E-state index contributed by atoms with van der Waals surface area (Å²) in [5.74, 6) is 1.63. The summed E-state index contributed by atoms with van der Waals surface area (Å²) in [5, 5.41) is 0. The maximum absolute atomic E-state index is 13.3. The molecule has 1 aromatic rings. The van der Waals surface area contributed by atoms with Crippen LogP contribution >= 0.6 is 0 Å². The van der Waals surface area contributed by atoms with Crippen LogP contribution in [0.15, 0.2) is 24.3 Å². The Morgan fingerprint density at radius 2 is 1.68 bits per heavy atom. The Bertz CT molecular complexity index is 548. The van der Waals surface area contributed by atoms with Gasteiger partial charge in [-0.3, -0.25) is 4.79 Å². The zero-order valence-corrected chi connectivity index (χ0v) is 17.3. The predicted octanol–water partition coefficient (Wildman–Crippen LogP) is 5.69. The van der Waals surface area contributed by atoms with Crippen LogP contribution in [-0.4, -0.2) is 19.7 Å². The van der Waals surface area contributed by atoms with Crippen LogP contribution in [0, 0.1) is 23.2 Å². The molecular formula is C22H36O3. The van der Waals surface area contributed by atoms with Crippen LogP contribution in [0.2, 0.25) is 0 Å². The summed E-state index contributed by atoms with van der Waals surface area (Å²) in [6.07, 6.45) is 0.796. The lowest BCUT2D eigenvalue weighted by Gasteiger charge is -2.45. The third-order valence-corrected chi connectivity index (χ3v) is 5.13. The van der Waals surface area contributed by atoms with E-state index in [0.29, 0.717) is 12.5 Å². The van der Waals surface area contributed by atoms with Crippen molar-refractivity contribution in [3.63, 3.8) is 0 Å². The number of carbonyl (C=O) groups excluding carboxylic acids is 1. The first-order valence-electron chi connectivity index (χ1n) is 9.52. The van der Waals surface area contributed by atoms with Crippen molar-refractivity contribution >= 4 is 5.97 Å². The fraction of sp³-hybridized carbons (Fsp3) is 0.682. The molecule has 142 valence electrons. The van der Waals surface area contributed by atoms with Gasteiger partial charge in [-0.15, -0.1) is 0 Å². The molecule has 0 saturated carbocycles. The number of hydrogen-bond acceptors (Lipinski definition) is 3. The van der Waals surface area contributed by atoms with Crippen LogP contribution in [0.4, 0.5) is 0 Å². The van der Waals surface area contributed by atoms with E-state index in [4.69, 9.17) is 9.47 Å². The molecule has 2 atom stereocenters. The highest BCUT2D eigenvalue weighted by atomic mass is 16.5. The van der Waals surface area contributed by atoms with Crippen LogP contribution in [0.3, 0.4) is 0 Å². The number of benzene rings is 1. The summed E-state index contributed by atoms with van der Waals surface area (Å²) in [7, 11) is 1.69. The Balaban J connectivity index is 3.67. The molecule has 0 N–H and O–H groups in total. The number of esters is 1. The van der Waals surface area contributed by atoms with Crippen molar-refractivity contribution in [1.29, 1.82) is 0 Å². The second-order valence-corrected chi connectivity index (χ2v) is 7.98. The second-order valence-electron chi connectivity index (χ2n) is 7.98. The molecular weight excluding hydrogens is 312 g/mol. The summed E-state index contributed by atoms with van der Waals surface area (Å²) in [4.78, 5) is 13.3. The minimum absolute atomic E-state index is 0.0325. The van der Waals surface area contributed by atoms with E-state index >= 15 is 0 Å². The van der Waals surface area contributed by atoms with Crippen LogP contribution in [0.25, 0.3) is 0 Å². The number of carbonyl (C=O) groups is 1. The quantitative estimate of drug-likeness (QED) is 0.538. The van der Waals surface area contributed by atoms with Gasteiger partial charge in [0.25, 0.3) is 0 Å². The number of methoxy groups -OCH3 is 1. The highest BCUT2D eigenvalue weighted by Crippen LogP contribution is 2.53. The third-order valence-electron chi connectivity index (χ3n) is 5.13. The molecule has 3 heteroatoms. The normalized spacial score (nSPS) is 15.3. The molecule has 0 aliphatic rings. The van der Waals surface area contributed by atoms with Crippen LogP contribution in [-0.2, 0) is 9.53 Å². The first kappa shape index (κ1) is 21.5. The zero-order chi connectivity index (χ0) is 19.2. The maximum Gasteiger partial charge on any atom is 0.312 e. The van der Waals surface area contributed by atoms with Crippen LogP contribution < -0.4 is 4.74 Å². The predicted molar refractivity (Wildman–Crippen MR) is 104 cm³/mol. The van der Waals surface area contributed by atoms with E-state index in [9.17, 15) is 4.79 Å². The van der Waals surface area contributed by atoms with Crippen molar-refractivity contribution in [3.05, 3.63) is 29.8 Å². The number of para-hydroxylation sites is 1. The van der Waals surface area contributed by atoms with E-state index in [2.05, 4.69) is 47.6 Å². The molecule has 0 fully saturated rings. The highest BCUT2D eigenvalue weighted by Gasteiger charge is 2.51. The topological polar surface area (TPSA) is 35.5 Å². The molecule has 0 bridgehead atoms. The van der Waals surface area contributed by atoms with Gasteiger partial charge in [0.15, 0.2) is 0 Å². The van der Waals surface area contributed by atoms with Crippen molar-refractivity contribution in [1.82, 2.24) is 0 Å². The van der Waals surface area contributed by atoms with Gasteiger partial charge in [-0.05, 0) is 42.7 Å². The number of hydrogen-bond donors (Lipinski definition) is 0. The summed E-state index contributed by atoms with van der Waals surface area (Å²) in [5.41, 5.74) is 0.523. The van der Waals surface area contributed by atoms with E-state index < -0.39 is 5.41 Å². The lowest BCUT2D eigenvalue weighted by atomic mass is 9.58. The van der Waals surface area contributed by atoms with E-state index in [1.165, 1.54) is 0 Å². The van der Waals surface area contributed by atoms with Gasteiger partial charge in [-0.1, -0.05) is 59.7 Å². The Kier molecular flexibility index (Phi) is 7.98. The van der Waals surface area contributed by atoms with Gasteiger partial charge < -0.3 is 9.47 Å². The molecule has 0 aliphatic carbocycles. The minimum Gasteiger partial charge on any atom is -0.496 e. The second kappa shape index (κ2) is 9.26. The monoisotopic (exact) mass is 348 g/mol. The highest BCUT2D eigenvalue weighted by molar-refractivity contribution is 5.79. The summed E-state index contributed by atoms with van der Waals surface area (Å²) in [6, 6.07) is 8.08. The summed E-state index contributed by atoms with van der Waals surface area (Å²) < 4.78 is 11.3. The average molecular weight is 349 g/mol. The molecule has 0 aromatic heterocycles. The molecule has 0 aliphatic heterocycles. The SMILES string of the molecule is CCOC(=O)C(CC(C)C)(C(C)C)C(c1ccccc1OC)C(C)C. The number of ether oxygens (including phenoxy) is 2. The third kappa shape index (κ3) is 4.56. The average Bonchev–Trinajstić information content (AvgIpc) is 2.53. The molecule has 1 rings (SSSR count). The largest absolute Gasteiger partial charge is 0.496 e. The van der Waals surface area contributed by atoms with Crippen molar-refractivity contribution in [2.75, 3.05) is 13.7 Å². The van der Waals surface area contributed by atoms with Crippen molar-refractivity contribution in [2.24, 2.45) is 23.2 Å². The van der Waals surface area contributed by atoms with Gasteiger partial charge in [-0.2, -0.15) is 0 Å². The van der Waals surface area contributed by atoms with E-state index in [0.717, 1.165) is 17.7 Å². The fourth-order valence-corrected chi connectivity index (χ4v) is 4.26. The van der Waals surface area contributed by atoms with E-state index in [1.54, 1.807) is 7.11 Å². The summed E-state index contributed by atoms with van der Waals surface area (Å²) in [6.45, 7) is 15.3. The Labute approximate surface area is 154 Å². The van der Waals surface area contributed by atoms with Gasteiger partial charge in [0.1, 0.15) is 5.75 Å². The van der Waals surface area contributed by atoms with Gasteiger partial charge in [-0.25, -0.2) is 0 Å². The number of rotatable bonds is 9. The van der Waals surface area contributed by atoms with E-state index in [1.807, 2.05) is 25.1 Å². The first-order valence-corrected chi connectivity index (χ1v) is 9.52. The van der Waals surface area contributed by atoms with Gasteiger partial charge in [0, 0.05) is 5.92 Å². The molecule has 3 nitrogen and oxygen atoms in total. The molecule has 2 unspecified atom stereocenters. The first-order chi connectivity index (χ1) is 11.7. The van der Waals surface area contributed by atoms with Crippen molar-refractivity contribution in [2.45, 2.75) is 60.8 Å². The van der Waals surface area contributed by atoms with Crippen LogP contribution in [0.5, 0.6) is 5.75 Å². The Hall–Kier alpha value is -1.51. The van der Waals surface area contributed by atoms with Gasteiger partial charge in [0.2, 0.25) is 0 Å². The molecule has 0 heterocycles. The summed E-state index contributed by atoms with van der Waals surface area (Å²) >= 11 is 0.